The molecule has 1 aliphatic carbocycles. The van der Waals surface area contributed by atoms with Crippen molar-refractivity contribution in [3.8, 4) is 0 Å². The molecule has 3 atom stereocenters. The van der Waals surface area contributed by atoms with Gasteiger partial charge in [-0.3, -0.25) is 14.2 Å². The van der Waals surface area contributed by atoms with E-state index in [0.717, 1.165) is 54.5 Å². The summed E-state index contributed by atoms with van der Waals surface area (Å²) in [7, 11) is 0. The van der Waals surface area contributed by atoms with Crippen molar-refractivity contribution < 1.29 is 9.53 Å². The number of hydrogen-bond donors (Lipinski definition) is 1. The van der Waals surface area contributed by atoms with Gasteiger partial charge >= 0.3 is 0 Å². The number of thioether (sulfide) groups is 1. The number of fused-ring (bicyclic) bond motifs is 3. The first-order valence-electron chi connectivity index (χ1n) is 11.7. The van der Waals surface area contributed by atoms with Crippen LogP contribution in [0, 0.1) is 0 Å². The lowest BCUT2D eigenvalue weighted by Crippen LogP contribution is -2.34. The lowest BCUT2D eigenvalue weighted by atomic mass is 10.1. The molecule has 0 saturated carbocycles. The van der Waals surface area contributed by atoms with E-state index in [-0.39, 0.29) is 28.9 Å². The number of hydrogen-bond acceptors (Lipinski definition) is 6. The number of ether oxygens (including phenoxy) is 1. The van der Waals surface area contributed by atoms with Crippen LogP contribution >= 0.6 is 23.1 Å². The molecule has 0 radical (unpaired) electrons. The Balaban J connectivity index is 1.42. The highest BCUT2D eigenvalue weighted by atomic mass is 32.2. The number of amides is 1. The normalized spacial score (nSPS) is 19.5. The molecule has 33 heavy (non-hydrogen) atoms. The van der Waals surface area contributed by atoms with Crippen molar-refractivity contribution in [2.75, 3.05) is 6.61 Å². The van der Waals surface area contributed by atoms with Crippen LogP contribution < -0.4 is 10.9 Å². The predicted octanol–water partition coefficient (Wildman–Crippen LogP) is 4.48. The molecule has 1 fully saturated rings. The van der Waals surface area contributed by atoms with Crippen molar-refractivity contribution in [3.63, 3.8) is 0 Å². The molecule has 1 saturated heterocycles. The van der Waals surface area contributed by atoms with Gasteiger partial charge in [0.05, 0.1) is 29.3 Å². The van der Waals surface area contributed by atoms with E-state index in [1.54, 1.807) is 15.9 Å². The monoisotopic (exact) mass is 483 g/mol. The van der Waals surface area contributed by atoms with Crippen molar-refractivity contribution in [2.45, 2.75) is 75.0 Å². The first kappa shape index (κ1) is 22.6. The Morgan fingerprint density at radius 1 is 1.27 bits per heavy atom. The van der Waals surface area contributed by atoms with Crippen LogP contribution in [0.1, 0.15) is 55.2 Å². The van der Waals surface area contributed by atoms with Crippen LogP contribution in [-0.4, -0.2) is 33.4 Å². The van der Waals surface area contributed by atoms with Crippen molar-refractivity contribution in [1.29, 1.82) is 0 Å². The summed E-state index contributed by atoms with van der Waals surface area (Å²) in [6.45, 7) is 5.08. The number of carbonyl (C=O) groups excluding carboxylic acids is 1. The number of nitrogens with one attached hydrogen (secondary N) is 1. The van der Waals surface area contributed by atoms with Gasteiger partial charge in [-0.05, 0) is 57.1 Å². The number of rotatable bonds is 7. The number of aromatic nitrogens is 2. The van der Waals surface area contributed by atoms with Crippen molar-refractivity contribution in [2.24, 2.45) is 0 Å². The van der Waals surface area contributed by atoms with Crippen LogP contribution in [-0.2, 0) is 28.9 Å². The quantitative estimate of drug-likeness (QED) is 0.396. The maximum atomic E-state index is 13.6. The minimum atomic E-state index is -0.386. The molecule has 1 aliphatic heterocycles. The number of benzene rings is 1. The van der Waals surface area contributed by atoms with Crippen LogP contribution in [0.4, 0.5) is 0 Å². The number of carbonyl (C=O) groups is 1. The number of thiophene rings is 1. The van der Waals surface area contributed by atoms with Crippen LogP contribution in [0.25, 0.3) is 10.2 Å². The summed E-state index contributed by atoms with van der Waals surface area (Å²) in [5.41, 5.74) is 2.27. The van der Waals surface area contributed by atoms with Gasteiger partial charge in [0.25, 0.3) is 5.56 Å². The largest absolute Gasteiger partial charge is 0.376 e. The van der Waals surface area contributed by atoms with Gasteiger partial charge in [-0.1, -0.05) is 42.1 Å². The first-order valence-corrected chi connectivity index (χ1v) is 13.4. The third-order valence-electron chi connectivity index (χ3n) is 6.51. The molecule has 5 rings (SSSR count). The van der Waals surface area contributed by atoms with Crippen LogP contribution in [0.3, 0.4) is 0 Å². The summed E-state index contributed by atoms with van der Waals surface area (Å²) in [5.74, 6) is -0.0666. The molecule has 0 bridgehead atoms. The third kappa shape index (κ3) is 4.61. The zero-order chi connectivity index (χ0) is 22.9. The van der Waals surface area contributed by atoms with Gasteiger partial charge in [0, 0.05) is 11.5 Å². The van der Waals surface area contributed by atoms with Gasteiger partial charge in [-0.25, -0.2) is 4.98 Å². The molecule has 0 unspecified atom stereocenters. The third-order valence-corrected chi connectivity index (χ3v) is 8.79. The minimum Gasteiger partial charge on any atom is -0.376 e. The van der Waals surface area contributed by atoms with Gasteiger partial charge in [-0.15, -0.1) is 11.3 Å². The molecule has 3 aromatic rings. The van der Waals surface area contributed by atoms with Gasteiger partial charge in [0.15, 0.2) is 5.16 Å². The molecule has 2 aliphatic rings. The molecule has 3 heterocycles. The minimum absolute atomic E-state index is 0.0164. The Hall–Kier alpha value is -2.16. The van der Waals surface area contributed by atoms with E-state index in [2.05, 4.69) is 5.32 Å². The average molecular weight is 484 g/mol. The summed E-state index contributed by atoms with van der Waals surface area (Å²) >= 11 is 3.00. The van der Waals surface area contributed by atoms with Crippen LogP contribution in [0.2, 0.25) is 0 Å². The second kappa shape index (κ2) is 9.60. The Morgan fingerprint density at radius 3 is 2.85 bits per heavy atom. The molecule has 2 aromatic heterocycles. The Kier molecular flexibility index (Phi) is 6.58. The van der Waals surface area contributed by atoms with E-state index in [4.69, 9.17) is 9.72 Å². The molecular formula is C25H29N3O3S2. The maximum absolute atomic E-state index is 13.6. The highest BCUT2D eigenvalue weighted by Gasteiger charge is 2.27. The van der Waals surface area contributed by atoms with E-state index in [1.807, 2.05) is 44.2 Å². The first-order chi connectivity index (χ1) is 16.0. The number of nitrogens with zero attached hydrogens (tertiary/aromatic N) is 2. The summed E-state index contributed by atoms with van der Waals surface area (Å²) in [6.07, 6.45) is 5.07. The Bertz CT molecular complexity index is 1220. The fraction of sp³-hybridized carbons (Fsp3) is 0.480. The second-order valence-corrected chi connectivity index (χ2v) is 11.3. The van der Waals surface area contributed by atoms with Crippen molar-refractivity contribution in [1.82, 2.24) is 14.9 Å². The molecule has 8 heteroatoms. The molecular weight excluding hydrogens is 454 g/mol. The van der Waals surface area contributed by atoms with Gasteiger partial charge in [0.1, 0.15) is 4.83 Å². The van der Waals surface area contributed by atoms with Gasteiger partial charge in [0.2, 0.25) is 5.91 Å². The van der Waals surface area contributed by atoms with E-state index in [9.17, 15) is 9.59 Å². The standard InChI is InChI=1S/C25H29N3O3S2/c1-15(17-8-4-3-5-9-17)26-22(29)16(2)32-25-27-23-21(19-11-6-12-20(19)33-23)24(30)28(25)14-18-10-7-13-31-18/h3-5,8-9,15-16,18H,6-7,10-14H2,1-2H3,(H,26,29)/t15-,16-,18+/m0/s1. The van der Waals surface area contributed by atoms with Crippen molar-refractivity contribution >= 4 is 39.2 Å². The molecule has 1 N–H and O–H groups in total. The lowest BCUT2D eigenvalue weighted by Gasteiger charge is -2.20. The van der Waals surface area contributed by atoms with Gasteiger partial charge in [-0.2, -0.15) is 0 Å². The molecule has 1 amide bonds. The topological polar surface area (TPSA) is 73.2 Å². The summed E-state index contributed by atoms with van der Waals surface area (Å²) in [5, 5.41) is 4.10. The zero-order valence-corrected chi connectivity index (χ0v) is 20.6. The zero-order valence-electron chi connectivity index (χ0n) is 19.0. The van der Waals surface area contributed by atoms with E-state index in [0.29, 0.717) is 11.7 Å². The molecule has 6 nitrogen and oxygen atoms in total. The van der Waals surface area contributed by atoms with Crippen LogP contribution in [0.15, 0.2) is 40.3 Å². The lowest BCUT2D eigenvalue weighted by molar-refractivity contribution is -0.120. The summed E-state index contributed by atoms with van der Waals surface area (Å²) in [6, 6.07) is 9.83. The maximum Gasteiger partial charge on any atom is 0.263 e. The highest BCUT2D eigenvalue weighted by molar-refractivity contribution is 8.00. The molecule has 174 valence electrons. The van der Waals surface area contributed by atoms with E-state index < -0.39 is 0 Å². The Morgan fingerprint density at radius 2 is 2.09 bits per heavy atom. The van der Waals surface area contributed by atoms with E-state index >= 15 is 0 Å². The molecule has 1 aromatic carbocycles. The highest BCUT2D eigenvalue weighted by Crippen LogP contribution is 2.36. The van der Waals surface area contributed by atoms with Crippen LogP contribution in [0.5, 0.6) is 0 Å². The number of aryl methyl sites for hydroxylation is 2. The summed E-state index contributed by atoms with van der Waals surface area (Å²) < 4.78 is 7.60. The van der Waals surface area contributed by atoms with E-state index in [1.165, 1.54) is 22.2 Å². The second-order valence-electron chi connectivity index (χ2n) is 8.88. The SMILES string of the molecule is C[C@H](Sc1nc2sc3c(c2c(=O)n1C[C@H]1CCCO1)CCC3)C(=O)N[C@@H](C)c1ccccc1. The van der Waals surface area contributed by atoms with Gasteiger partial charge < -0.3 is 10.1 Å². The smallest absolute Gasteiger partial charge is 0.263 e. The fourth-order valence-electron chi connectivity index (χ4n) is 4.67. The van der Waals surface area contributed by atoms with Crippen molar-refractivity contribution in [3.05, 3.63) is 56.7 Å². The summed E-state index contributed by atoms with van der Waals surface area (Å²) in [4.78, 5) is 33.6. The molecule has 0 spiro atoms. The Labute approximate surface area is 201 Å². The fourth-order valence-corrected chi connectivity index (χ4v) is 6.90. The predicted molar refractivity (Wildman–Crippen MR) is 133 cm³/mol. The average Bonchev–Trinajstić information content (AvgIpc) is 3.54.